The average Bonchev–Trinajstić information content (AvgIpc) is 2.98. The van der Waals surface area contributed by atoms with E-state index in [9.17, 15) is 0 Å². The van der Waals surface area contributed by atoms with Gasteiger partial charge in [-0.2, -0.15) is 0 Å². The second-order valence-electron chi connectivity index (χ2n) is 6.70. The van der Waals surface area contributed by atoms with Crippen LogP contribution in [0.5, 0.6) is 5.75 Å². The molecule has 3 aromatic rings. The number of rotatable bonds is 8. The Morgan fingerprint density at radius 1 is 1.04 bits per heavy atom. The molecule has 5 heteroatoms. The average molecular weight is 384 g/mol. The summed E-state index contributed by atoms with van der Waals surface area (Å²) in [7, 11) is 0. The highest BCUT2D eigenvalue weighted by Gasteiger charge is 2.20. The maximum atomic E-state index is 5.60. The van der Waals surface area contributed by atoms with Gasteiger partial charge in [0.05, 0.1) is 12.0 Å². The van der Waals surface area contributed by atoms with Crippen LogP contribution in [0, 0.1) is 13.8 Å². The lowest BCUT2D eigenvalue weighted by Gasteiger charge is -2.23. The molecule has 0 aliphatic carbocycles. The Bertz CT molecular complexity index is 902. The van der Waals surface area contributed by atoms with Gasteiger partial charge in [0.2, 0.25) is 0 Å². The Balaban J connectivity index is 2.16. The van der Waals surface area contributed by atoms with Gasteiger partial charge < -0.3 is 9.64 Å². The maximum Gasteiger partial charge on any atom is 0.141 e. The molecular formula is C22H29N3OS. The second kappa shape index (κ2) is 8.70. The molecule has 0 amide bonds. The highest BCUT2D eigenvalue weighted by Crippen LogP contribution is 2.42. The van der Waals surface area contributed by atoms with Crippen LogP contribution in [0.2, 0.25) is 0 Å². The van der Waals surface area contributed by atoms with Crippen molar-refractivity contribution in [3.63, 3.8) is 0 Å². The van der Waals surface area contributed by atoms with Crippen molar-refractivity contribution in [1.29, 1.82) is 0 Å². The van der Waals surface area contributed by atoms with Crippen molar-refractivity contribution in [3.8, 4) is 16.9 Å². The maximum absolute atomic E-state index is 5.60. The third-order valence-electron chi connectivity index (χ3n) is 4.74. The number of benzene rings is 1. The van der Waals surface area contributed by atoms with Crippen LogP contribution in [-0.2, 0) is 0 Å². The first-order valence-corrected chi connectivity index (χ1v) is 10.7. The number of unbranched alkanes of at least 4 members (excludes halogenated alkanes) is 1. The highest BCUT2D eigenvalue weighted by molar-refractivity contribution is 7.19. The molecule has 0 unspecified atom stereocenters. The van der Waals surface area contributed by atoms with Crippen molar-refractivity contribution in [2.45, 2.75) is 47.5 Å². The van der Waals surface area contributed by atoms with Crippen molar-refractivity contribution in [3.05, 3.63) is 35.0 Å². The van der Waals surface area contributed by atoms with Gasteiger partial charge in [-0.15, -0.1) is 11.3 Å². The predicted molar refractivity (Wildman–Crippen MR) is 116 cm³/mol. The van der Waals surface area contributed by atoms with E-state index in [0.29, 0.717) is 6.61 Å². The van der Waals surface area contributed by atoms with Crippen LogP contribution in [0.3, 0.4) is 0 Å². The molecule has 1 aromatic carbocycles. The van der Waals surface area contributed by atoms with Crippen LogP contribution < -0.4 is 9.64 Å². The van der Waals surface area contributed by atoms with Crippen LogP contribution in [-0.4, -0.2) is 29.7 Å². The quantitative estimate of drug-likeness (QED) is 0.478. The van der Waals surface area contributed by atoms with Crippen LogP contribution in [0.4, 0.5) is 5.82 Å². The molecule has 0 atom stereocenters. The van der Waals surface area contributed by atoms with Crippen molar-refractivity contribution in [2.24, 2.45) is 0 Å². The Morgan fingerprint density at radius 2 is 1.78 bits per heavy atom. The summed E-state index contributed by atoms with van der Waals surface area (Å²) < 4.78 is 5.60. The monoisotopic (exact) mass is 383 g/mol. The topological polar surface area (TPSA) is 38.2 Å². The zero-order chi connectivity index (χ0) is 19.4. The minimum Gasteiger partial charge on any atom is -0.494 e. The predicted octanol–water partition coefficient (Wildman–Crippen LogP) is 6.00. The molecule has 0 radical (unpaired) electrons. The number of hydrogen-bond donors (Lipinski definition) is 0. The number of aryl methyl sites for hydroxylation is 2. The Hall–Kier alpha value is -2.14. The summed E-state index contributed by atoms with van der Waals surface area (Å²) in [6.07, 6.45) is 2.35. The van der Waals surface area contributed by atoms with E-state index >= 15 is 0 Å². The summed E-state index contributed by atoms with van der Waals surface area (Å²) in [5.74, 6) is 2.82. The Morgan fingerprint density at radius 3 is 2.41 bits per heavy atom. The first kappa shape index (κ1) is 19.6. The fraction of sp³-hybridized carbons (Fsp3) is 0.455. The number of anilines is 1. The molecule has 27 heavy (non-hydrogen) atoms. The molecule has 2 aromatic heterocycles. The normalized spacial score (nSPS) is 11.1. The van der Waals surface area contributed by atoms with Gasteiger partial charge >= 0.3 is 0 Å². The van der Waals surface area contributed by atoms with Gasteiger partial charge in [-0.1, -0.05) is 25.5 Å². The van der Waals surface area contributed by atoms with E-state index < -0.39 is 0 Å². The van der Waals surface area contributed by atoms with Gasteiger partial charge in [-0.05, 0) is 51.8 Å². The molecule has 0 spiro atoms. The lowest BCUT2D eigenvalue weighted by molar-refractivity contribution is 0.340. The molecule has 0 aliphatic rings. The molecular weight excluding hydrogens is 354 g/mol. The first-order chi connectivity index (χ1) is 13.1. The molecule has 0 saturated carbocycles. The smallest absolute Gasteiger partial charge is 0.141 e. The van der Waals surface area contributed by atoms with E-state index in [1.54, 1.807) is 11.3 Å². The van der Waals surface area contributed by atoms with Gasteiger partial charge in [-0.3, -0.25) is 0 Å². The van der Waals surface area contributed by atoms with Crippen molar-refractivity contribution >= 4 is 27.4 Å². The zero-order valence-electron chi connectivity index (χ0n) is 17.0. The minimum absolute atomic E-state index is 0.680. The van der Waals surface area contributed by atoms with Gasteiger partial charge in [0.15, 0.2) is 0 Å². The van der Waals surface area contributed by atoms with E-state index in [4.69, 9.17) is 14.7 Å². The Kier molecular flexibility index (Phi) is 6.32. The summed E-state index contributed by atoms with van der Waals surface area (Å²) in [6, 6.07) is 8.38. The number of thiophene rings is 1. The van der Waals surface area contributed by atoms with Gasteiger partial charge in [0, 0.05) is 23.5 Å². The fourth-order valence-electron chi connectivity index (χ4n) is 3.42. The van der Waals surface area contributed by atoms with Gasteiger partial charge in [-0.25, -0.2) is 9.97 Å². The van der Waals surface area contributed by atoms with Crippen LogP contribution >= 0.6 is 11.3 Å². The molecule has 144 valence electrons. The number of nitrogens with zero attached hydrogens (tertiary/aromatic N) is 3. The molecule has 3 rings (SSSR count). The molecule has 0 N–H and O–H groups in total. The van der Waals surface area contributed by atoms with Gasteiger partial charge in [0.25, 0.3) is 0 Å². The summed E-state index contributed by atoms with van der Waals surface area (Å²) in [5.41, 5.74) is 2.45. The number of fused-ring (bicyclic) bond motifs is 1. The molecule has 2 heterocycles. The largest absolute Gasteiger partial charge is 0.494 e. The standard InChI is InChI=1S/C22H29N3OS/c1-6-9-14-25(7-2)21-20-19(15(4)27-22(20)24-16(5)23-21)17-10-12-18(13-11-17)26-8-3/h10-13H,6-9,14H2,1-5H3. The van der Waals surface area contributed by atoms with E-state index in [-0.39, 0.29) is 0 Å². The lowest BCUT2D eigenvalue weighted by atomic mass is 10.0. The lowest BCUT2D eigenvalue weighted by Crippen LogP contribution is -2.25. The molecule has 0 fully saturated rings. The summed E-state index contributed by atoms with van der Waals surface area (Å²) in [5, 5.41) is 1.19. The summed E-state index contributed by atoms with van der Waals surface area (Å²) in [4.78, 5) is 14.4. The van der Waals surface area contributed by atoms with E-state index in [0.717, 1.165) is 35.3 Å². The third-order valence-corrected chi connectivity index (χ3v) is 5.74. The van der Waals surface area contributed by atoms with E-state index in [1.165, 1.54) is 34.2 Å². The highest BCUT2D eigenvalue weighted by atomic mass is 32.1. The molecule has 4 nitrogen and oxygen atoms in total. The summed E-state index contributed by atoms with van der Waals surface area (Å²) in [6.45, 7) is 13.3. The Labute approximate surface area is 166 Å². The van der Waals surface area contributed by atoms with Crippen LogP contribution in [0.25, 0.3) is 21.3 Å². The van der Waals surface area contributed by atoms with Crippen molar-refractivity contribution in [1.82, 2.24) is 9.97 Å². The molecule has 0 aliphatic heterocycles. The van der Waals surface area contributed by atoms with Crippen molar-refractivity contribution < 1.29 is 4.74 Å². The number of aromatic nitrogens is 2. The fourth-order valence-corrected chi connectivity index (χ4v) is 4.51. The SMILES string of the molecule is CCCCN(CC)c1nc(C)nc2sc(C)c(-c3ccc(OCC)cc3)c12. The summed E-state index contributed by atoms with van der Waals surface area (Å²) >= 11 is 1.76. The van der Waals surface area contributed by atoms with E-state index in [2.05, 4.69) is 37.8 Å². The zero-order valence-corrected chi connectivity index (χ0v) is 17.8. The van der Waals surface area contributed by atoms with Gasteiger partial charge in [0.1, 0.15) is 22.2 Å². The molecule has 0 saturated heterocycles. The van der Waals surface area contributed by atoms with Crippen LogP contribution in [0.1, 0.15) is 44.3 Å². The first-order valence-electron chi connectivity index (χ1n) is 9.84. The second-order valence-corrected chi connectivity index (χ2v) is 7.90. The van der Waals surface area contributed by atoms with E-state index in [1.807, 2.05) is 26.0 Å². The number of ether oxygens (including phenoxy) is 1. The molecule has 0 bridgehead atoms. The third kappa shape index (κ3) is 4.08. The number of hydrogen-bond acceptors (Lipinski definition) is 5. The van der Waals surface area contributed by atoms with Crippen molar-refractivity contribution in [2.75, 3.05) is 24.6 Å². The minimum atomic E-state index is 0.680. The van der Waals surface area contributed by atoms with Crippen LogP contribution in [0.15, 0.2) is 24.3 Å².